The van der Waals surface area contributed by atoms with Crippen molar-refractivity contribution in [1.29, 1.82) is 5.26 Å². The average Bonchev–Trinajstić information content (AvgIpc) is 3.06. The zero-order chi connectivity index (χ0) is 17.9. The van der Waals surface area contributed by atoms with Crippen LogP contribution in [0.2, 0.25) is 0 Å². The quantitative estimate of drug-likeness (QED) is 0.532. The van der Waals surface area contributed by atoms with E-state index in [9.17, 15) is 4.79 Å². The molecule has 0 saturated carbocycles. The van der Waals surface area contributed by atoms with Crippen LogP contribution in [-0.4, -0.2) is 21.6 Å². The second-order valence-corrected chi connectivity index (χ2v) is 6.72. The maximum atomic E-state index is 12.2. The summed E-state index contributed by atoms with van der Waals surface area (Å²) >= 11 is 1.33. The highest BCUT2D eigenvalue weighted by molar-refractivity contribution is 7.99. The predicted molar refractivity (Wildman–Crippen MR) is 104 cm³/mol. The first-order chi connectivity index (χ1) is 12.7. The Kier molecular flexibility index (Phi) is 4.30. The number of aromatic amines is 1. The molecule has 0 aliphatic heterocycles. The zero-order valence-corrected chi connectivity index (χ0v) is 14.5. The highest BCUT2D eigenvalue weighted by Gasteiger charge is 2.10. The Morgan fingerprint density at radius 3 is 2.65 bits per heavy atom. The standard InChI is InChI=1S/C20H14N4OS/c21-11-15-7-3-4-8-16(15)22-19(25)12-26-20-23-17-9-13-5-1-2-6-14(13)10-18(17)24-20/h1-10H,12H2,(H,22,25)(H,23,24). The number of nitrogens with zero attached hydrogens (tertiary/aromatic N) is 2. The second kappa shape index (κ2) is 6.90. The monoisotopic (exact) mass is 358 g/mol. The van der Waals surface area contributed by atoms with E-state index >= 15 is 0 Å². The summed E-state index contributed by atoms with van der Waals surface area (Å²) < 4.78 is 0. The molecule has 5 nitrogen and oxygen atoms in total. The molecule has 0 atom stereocenters. The number of rotatable bonds is 4. The summed E-state index contributed by atoms with van der Waals surface area (Å²) in [6.45, 7) is 0. The number of hydrogen-bond donors (Lipinski definition) is 2. The van der Waals surface area contributed by atoms with Crippen LogP contribution in [0.15, 0.2) is 65.8 Å². The SMILES string of the molecule is N#Cc1ccccc1NC(=O)CSc1nc2cc3ccccc3cc2[nH]1. The number of thioether (sulfide) groups is 1. The molecule has 26 heavy (non-hydrogen) atoms. The van der Waals surface area contributed by atoms with Crippen LogP contribution < -0.4 is 5.32 Å². The van der Waals surface area contributed by atoms with E-state index in [0.29, 0.717) is 16.4 Å². The Balaban J connectivity index is 1.48. The largest absolute Gasteiger partial charge is 0.333 e. The molecule has 0 saturated heterocycles. The number of fused-ring (bicyclic) bond motifs is 2. The van der Waals surface area contributed by atoms with Crippen LogP contribution >= 0.6 is 11.8 Å². The lowest BCUT2D eigenvalue weighted by molar-refractivity contribution is -0.113. The van der Waals surface area contributed by atoms with Crippen LogP contribution in [0.4, 0.5) is 5.69 Å². The normalized spacial score (nSPS) is 10.7. The highest BCUT2D eigenvalue weighted by atomic mass is 32.2. The first-order valence-corrected chi connectivity index (χ1v) is 9.02. The lowest BCUT2D eigenvalue weighted by Gasteiger charge is -2.05. The van der Waals surface area contributed by atoms with Gasteiger partial charge in [0, 0.05) is 0 Å². The Hall–Kier alpha value is -3.30. The number of hydrogen-bond acceptors (Lipinski definition) is 4. The van der Waals surface area contributed by atoms with E-state index in [1.165, 1.54) is 11.8 Å². The molecule has 0 aliphatic carbocycles. The molecule has 1 heterocycles. The van der Waals surface area contributed by atoms with Gasteiger partial charge in [-0.05, 0) is 35.0 Å². The lowest BCUT2D eigenvalue weighted by Crippen LogP contribution is -2.14. The minimum atomic E-state index is -0.177. The molecule has 1 aromatic heterocycles. The third kappa shape index (κ3) is 3.25. The maximum absolute atomic E-state index is 12.2. The van der Waals surface area contributed by atoms with Crippen molar-refractivity contribution < 1.29 is 4.79 Å². The van der Waals surface area contributed by atoms with Gasteiger partial charge in [0.25, 0.3) is 0 Å². The van der Waals surface area contributed by atoms with Gasteiger partial charge < -0.3 is 10.3 Å². The average molecular weight is 358 g/mol. The van der Waals surface area contributed by atoms with E-state index in [1.54, 1.807) is 24.3 Å². The van der Waals surface area contributed by atoms with Crippen molar-refractivity contribution in [3.8, 4) is 6.07 Å². The molecule has 1 amide bonds. The molecular weight excluding hydrogens is 344 g/mol. The number of imidazole rings is 1. The van der Waals surface area contributed by atoms with Crippen LogP contribution in [0.1, 0.15) is 5.56 Å². The number of H-pyrrole nitrogens is 1. The molecule has 126 valence electrons. The van der Waals surface area contributed by atoms with Crippen LogP contribution in [0.25, 0.3) is 21.8 Å². The van der Waals surface area contributed by atoms with Gasteiger partial charge >= 0.3 is 0 Å². The molecule has 6 heteroatoms. The Bertz CT molecular complexity index is 1110. The van der Waals surface area contributed by atoms with Gasteiger partial charge in [0.05, 0.1) is 28.0 Å². The molecular formula is C20H14N4OS. The van der Waals surface area contributed by atoms with Crippen molar-refractivity contribution >= 4 is 45.2 Å². The van der Waals surface area contributed by atoms with Gasteiger partial charge in [-0.15, -0.1) is 0 Å². The molecule has 0 radical (unpaired) electrons. The smallest absolute Gasteiger partial charge is 0.234 e. The lowest BCUT2D eigenvalue weighted by atomic mass is 10.1. The van der Waals surface area contributed by atoms with Crippen molar-refractivity contribution in [2.45, 2.75) is 5.16 Å². The fourth-order valence-corrected chi connectivity index (χ4v) is 3.44. The van der Waals surface area contributed by atoms with Gasteiger partial charge in [-0.2, -0.15) is 5.26 Å². The summed E-state index contributed by atoms with van der Waals surface area (Å²) in [6.07, 6.45) is 0. The fourth-order valence-electron chi connectivity index (χ4n) is 2.75. The van der Waals surface area contributed by atoms with E-state index in [4.69, 9.17) is 5.26 Å². The highest BCUT2D eigenvalue weighted by Crippen LogP contribution is 2.24. The number of aromatic nitrogens is 2. The van der Waals surface area contributed by atoms with Gasteiger partial charge in [-0.3, -0.25) is 4.79 Å². The van der Waals surface area contributed by atoms with Crippen LogP contribution in [0, 0.1) is 11.3 Å². The van der Waals surface area contributed by atoms with Crippen molar-refractivity contribution in [2.75, 3.05) is 11.1 Å². The Morgan fingerprint density at radius 1 is 1.12 bits per heavy atom. The Labute approximate surface area is 154 Å². The molecule has 0 bridgehead atoms. The maximum Gasteiger partial charge on any atom is 0.234 e. The molecule has 0 aliphatic rings. The van der Waals surface area contributed by atoms with Gasteiger partial charge in [0.15, 0.2) is 5.16 Å². The molecule has 0 fully saturated rings. The summed E-state index contributed by atoms with van der Waals surface area (Å²) in [7, 11) is 0. The molecule has 0 spiro atoms. The van der Waals surface area contributed by atoms with E-state index in [0.717, 1.165) is 21.8 Å². The molecule has 4 rings (SSSR count). The van der Waals surface area contributed by atoms with Gasteiger partial charge in [-0.1, -0.05) is 48.2 Å². The molecule has 3 aromatic carbocycles. The molecule has 0 unspecified atom stereocenters. The van der Waals surface area contributed by atoms with Crippen molar-refractivity contribution in [1.82, 2.24) is 9.97 Å². The second-order valence-electron chi connectivity index (χ2n) is 5.75. The van der Waals surface area contributed by atoms with E-state index in [-0.39, 0.29) is 11.7 Å². The number of nitriles is 1. The third-order valence-electron chi connectivity index (χ3n) is 3.99. The predicted octanol–water partition coefficient (Wildman–Crippen LogP) is 4.32. The third-order valence-corrected chi connectivity index (χ3v) is 4.86. The number of nitrogens with one attached hydrogen (secondary N) is 2. The summed E-state index contributed by atoms with van der Waals surface area (Å²) in [5, 5.41) is 14.8. The number of amides is 1. The van der Waals surface area contributed by atoms with E-state index < -0.39 is 0 Å². The van der Waals surface area contributed by atoms with Crippen LogP contribution in [-0.2, 0) is 4.79 Å². The van der Waals surface area contributed by atoms with Crippen molar-refractivity contribution in [2.24, 2.45) is 0 Å². The van der Waals surface area contributed by atoms with Crippen molar-refractivity contribution in [3.05, 3.63) is 66.2 Å². The fraction of sp³-hybridized carbons (Fsp3) is 0.0500. The van der Waals surface area contributed by atoms with E-state index in [1.807, 2.05) is 18.2 Å². The first kappa shape index (κ1) is 16.2. The summed E-state index contributed by atoms with van der Waals surface area (Å²) in [5.74, 6) is 0.0300. The van der Waals surface area contributed by atoms with Crippen LogP contribution in [0.3, 0.4) is 0 Å². The van der Waals surface area contributed by atoms with Gasteiger partial charge in [0.1, 0.15) is 6.07 Å². The number of carbonyl (C=O) groups excluding carboxylic acids is 1. The Morgan fingerprint density at radius 2 is 1.85 bits per heavy atom. The molecule has 2 N–H and O–H groups in total. The topological polar surface area (TPSA) is 81.6 Å². The number of para-hydroxylation sites is 1. The van der Waals surface area contributed by atoms with Gasteiger partial charge in [0.2, 0.25) is 5.91 Å². The van der Waals surface area contributed by atoms with Crippen molar-refractivity contribution in [3.63, 3.8) is 0 Å². The summed E-state index contributed by atoms with van der Waals surface area (Å²) in [5.41, 5.74) is 2.79. The van der Waals surface area contributed by atoms with E-state index in [2.05, 4.69) is 39.6 Å². The number of benzene rings is 3. The van der Waals surface area contributed by atoms with Gasteiger partial charge in [-0.25, -0.2) is 4.98 Å². The molecule has 4 aromatic rings. The minimum absolute atomic E-state index is 0.177. The zero-order valence-electron chi connectivity index (χ0n) is 13.7. The summed E-state index contributed by atoms with van der Waals surface area (Å²) in [4.78, 5) is 20.0. The number of carbonyl (C=O) groups is 1. The summed E-state index contributed by atoms with van der Waals surface area (Å²) in [6, 6.07) is 21.2. The minimum Gasteiger partial charge on any atom is -0.333 e. The van der Waals surface area contributed by atoms with Crippen LogP contribution in [0.5, 0.6) is 0 Å². The number of anilines is 1. The first-order valence-electron chi connectivity index (χ1n) is 8.03.